The van der Waals surface area contributed by atoms with Crippen molar-refractivity contribution < 1.29 is 82.4 Å². The van der Waals surface area contributed by atoms with E-state index in [1.807, 2.05) is 62.5 Å². The summed E-state index contributed by atoms with van der Waals surface area (Å²) in [5.41, 5.74) is 4.09. The molecule has 13 amide bonds. The van der Waals surface area contributed by atoms with Gasteiger partial charge in [-0.2, -0.15) is 0 Å². The van der Waals surface area contributed by atoms with Crippen molar-refractivity contribution in [1.82, 2.24) is 72.0 Å². The molecule has 0 saturated carbocycles. The SMILES string of the molecule is CCCC[C@H]1C(=O)N(C)CC(=O)N[C@@H](CC(=O)O)C(=O)N[C@@H](C(C)C)C(=O)N(C)[C@@H](Cc2ccccc2)C(=O)N[C@@H](Cc2ccc(O)cc2)C(=O)N(C)CC(=O)N[C@@H](Cc2c[nH]c3ccccc23)C(=O)N[C@@H](Cc2ccc(O)cc2)C(=O)N[C@@H](CC(C)C)C(=O)N[C@H](C)CSCC(=O)N[C@@H](Cc2csc3ccccc23)C(=O)N(C)[C@@H](Cc2ccccc2)C(=O)N1C. The van der Waals surface area contributed by atoms with Gasteiger partial charge in [-0.1, -0.05) is 169 Å². The molecule has 0 unspecified atom stereocenters. The second-order valence-corrected chi connectivity index (χ2v) is 34.9. The number of phenols is 2. The molecule has 12 N–H and O–H groups in total. The number of benzene rings is 6. The van der Waals surface area contributed by atoms with Gasteiger partial charge in [0.25, 0.3) is 0 Å². The van der Waals surface area contributed by atoms with E-state index in [4.69, 9.17) is 0 Å². The van der Waals surface area contributed by atoms with Gasteiger partial charge in [0.05, 0.1) is 25.3 Å². The van der Waals surface area contributed by atoms with Crippen LogP contribution in [0.4, 0.5) is 0 Å². The monoisotopic (exact) mass is 1760 g/mol. The highest BCUT2D eigenvalue weighted by Gasteiger charge is 2.42. The predicted octanol–water partition coefficient (Wildman–Crippen LogP) is 5.96. The zero-order valence-corrected chi connectivity index (χ0v) is 74.5. The number of fused-ring (bicyclic) bond motifs is 2. The zero-order chi connectivity index (χ0) is 91.6. The second kappa shape index (κ2) is 46.4. The molecule has 1 fully saturated rings. The van der Waals surface area contributed by atoms with Crippen LogP contribution in [-0.2, 0) is 106 Å². The molecule has 1 aliphatic rings. The Morgan fingerprint density at radius 3 is 1.50 bits per heavy atom. The number of aliphatic carboxylic acids is 1. The highest BCUT2D eigenvalue weighted by Crippen LogP contribution is 2.29. The molecule has 11 atom stereocenters. The number of nitrogens with zero attached hydrogens (tertiary/aromatic N) is 5. The number of para-hydroxylation sites is 1. The Kier molecular flexibility index (Phi) is 35.7. The lowest BCUT2D eigenvalue weighted by Crippen LogP contribution is -2.61. The van der Waals surface area contributed by atoms with E-state index in [0.717, 1.165) is 42.1 Å². The van der Waals surface area contributed by atoms with Gasteiger partial charge in [0.1, 0.15) is 71.9 Å². The lowest BCUT2D eigenvalue weighted by Gasteiger charge is -2.37. The molecular formula is C93H116N14O17S2. The van der Waals surface area contributed by atoms with Gasteiger partial charge >= 0.3 is 5.97 Å². The molecule has 1 aliphatic heterocycles. The number of H-pyrrole nitrogens is 1. The largest absolute Gasteiger partial charge is 0.508 e. The van der Waals surface area contributed by atoms with Crippen molar-refractivity contribution in [2.24, 2.45) is 11.8 Å². The molecule has 9 rings (SSSR count). The number of carbonyl (C=O) groups is 14. The van der Waals surface area contributed by atoms with E-state index in [9.17, 15) is 44.1 Å². The number of aromatic hydroxyl groups is 2. The van der Waals surface area contributed by atoms with E-state index < -0.39 is 175 Å². The third kappa shape index (κ3) is 27.7. The quantitative estimate of drug-likeness (QED) is 0.0419. The van der Waals surface area contributed by atoms with Crippen molar-refractivity contribution in [3.05, 3.63) is 203 Å². The second-order valence-electron chi connectivity index (χ2n) is 33.0. The maximum absolute atomic E-state index is 15.6. The Morgan fingerprint density at radius 1 is 0.444 bits per heavy atom. The summed E-state index contributed by atoms with van der Waals surface area (Å²) in [6.45, 7) is 8.94. The van der Waals surface area contributed by atoms with Gasteiger partial charge in [-0.25, -0.2) is 0 Å². The van der Waals surface area contributed by atoms with Crippen LogP contribution in [0.15, 0.2) is 169 Å². The van der Waals surface area contributed by atoms with Crippen LogP contribution in [0.25, 0.3) is 21.0 Å². The van der Waals surface area contributed by atoms with Crippen LogP contribution in [-0.4, -0.2) is 254 Å². The van der Waals surface area contributed by atoms with Gasteiger partial charge in [0.15, 0.2) is 0 Å². The third-order valence-corrected chi connectivity index (χ3v) is 24.4. The summed E-state index contributed by atoms with van der Waals surface area (Å²) in [6.07, 6.45) is 0.891. The van der Waals surface area contributed by atoms with Crippen molar-refractivity contribution in [2.45, 2.75) is 179 Å². The first-order chi connectivity index (χ1) is 60.0. The first-order valence-corrected chi connectivity index (χ1v) is 44.2. The summed E-state index contributed by atoms with van der Waals surface area (Å²) < 4.78 is 0.919. The van der Waals surface area contributed by atoms with Gasteiger partial charge in [-0.3, -0.25) is 67.1 Å². The number of carboxylic acid groups (broad SMARTS) is 1. The summed E-state index contributed by atoms with van der Waals surface area (Å²) in [5.74, 6) is -13.3. The molecule has 126 heavy (non-hydrogen) atoms. The van der Waals surface area contributed by atoms with E-state index in [0.29, 0.717) is 51.6 Å². The standard InChI is InChI=1S/C93H116N14O17S2/c1-12-13-31-75-91(122)104(8)51-80(111)97-72(48-82(113)114)87(118)102-83(56(4)5)93(124)106(10)76(44-58-24-16-14-17-25-58)88(119)101-73(43-61-35-39-65(109)40-36-61)89(120)103(7)50-79(110)96-71(46-62-49-94-68-30-22-20-28-66(62)68)86(117)100-70(42-60-33-37-64(108)38-34-60)85(116)99-69(41-55(2)3)84(115)95-57(6)52-125-54-81(112)98-74(47-63-53-126-78-32-23-21-29-67(63)78)90(121)107(11)77(92(123)105(75)9)45-59-26-18-15-19-27-59/h14-30,32-40,49,53,55-57,69-77,83,94,108-109H,12-13,31,41-48,50-52,54H2,1-11H3,(H,95,115)(H,96,110)(H,97,111)(H,98,112)(H,99,116)(H,100,117)(H,101,119)(H,102,118)(H,113,114)/t57-,69+,70+,71+,72+,73+,74+,75+,76+,77+,83+/m1/s1. The maximum Gasteiger partial charge on any atom is 0.305 e. The average molecular weight is 1770 g/mol. The number of unbranched alkanes of at least 4 members (excludes halogenated alkanes) is 1. The summed E-state index contributed by atoms with van der Waals surface area (Å²) in [7, 11) is 6.75. The number of aromatic amines is 1. The molecule has 31 nitrogen and oxygen atoms in total. The normalized spacial score (nSPS) is 22.3. The highest BCUT2D eigenvalue weighted by molar-refractivity contribution is 8.00. The number of thioether (sulfide) groups is 1. The lowest BCUT2D eigenvalue weighted by molar-refractivity contribution is -0.151. The van der Waals surface area contributed by atoms with Gasteiger partial charge < -0.3 is 87.3 Å². The summed E-state index contributed by atoms with van der Waals surface area (Å²) in [5, 5.41) is 56.7. The Morgan fingerprint density at radius 2 is 0.913 bits per heavy atom. The third-order valence-electron chi connectivity index (χ3n) is 22.2. The molecular weight excluding hydrogens is 1650 g/mol. The Balaban J connectivity index is 1.09. The van der Waals surface area contributed by atoms with Gasteiger partial charge in [-0.05, 0) is 112 Å². The van der Waals surface area contributed by atoms with Crippen molar-refractivity contribution >= 4 is 127 Å². The smallest absolute Gasteiger partial charge is 0.305 e. The molecule has 8 aromatic rings. The number of hydrogen-bond donors (Lipinski definition) is 12. The molecule has 6 aromatic carbocycles. The van der Waals surface area contributed by atoms with Crippen LogP contribution >= 0.6 is 23.1 Å². The molecule has 0 bridgehead atoms. The van der Waals surface area contributed by atoms with Crippen molar-refractivity contribution in [3.63, 3.8) is 0 Å². The number of rotatable bonds is 20. The number of thiophene rings is 1. The van der Waals surface area contributed by atoms with E-state index in [1.54, 1.807) is 112 Å². The van der Waals surface area contributed by atoms with Crippen LogP contribution in [0, 0.1) is 11.8 Å². The maximum atomic E-state index is 15.6. The van der Waals surface area contributed by atoms with Crippen LogP contribution < -0.4 is 42.5 Å². The van der Waals surface area contributed by atoms with E-state index >= 15 is 38.4 Å². The summed E-state index contributed by atoms with van der Waals surface area (Å²) >= 11 is 2.60. The van der Waals surface area contributed by atoms with Crippen LogP contribution in [0.1, 0.15) is 107 Å². The number of hydrogen-bond acceptors (Lipinski definition) is 18. The number of likely N-dealkylation sites (N-methyl/N-ethyl adjacent to an activating group) is 5. The fourth-order valence-electron chi connectivity index (χ4n) is 15.2. The first kappa shape index (κ1) is 97.2. The highest BCUT2D eigenvalue weighted by atomic mass is 32.2. The van der Waals surface area contributed by atoms with Gasteiger partial charge in [0.2, 0.25) is 76.8 Å². The lowest BCUT2D eigenvalue weighted by atomic mass is 9.98. The molecule has 2 aromatic heterocycles. The van der Waals surface area contributed by atoms with Crippen LogP contribution in [0.2, 0.25) is 0 Å². The zero-order valence-electron chi connectivity index (χ0n) is 72.9. The number of phenolic OH excluding ortho intramolecular Hbond substituents is 2. The van der Waals surface area contributed by atoms with E-state index in [2.05, 4.69) is 47.5 Å². The van der Waals surface area contributed by atoms with Crippen molar-refractivity contribution in [1.29, 1.82) is 0 Å². The number of carbonyl (C=O) groups excluding carboxylic acids is 13. The van der Waals surface area contributed by atoms with Gasteiger partial charge in [0, 0.05) is 107 Å². The number of carboxylic acids is 1. The molecule has 0 radical (unpaired) electrons. The van der Waals surface area contributed by atoms with Crippen LogP contribution in [0.3, 0.4) is 0 Å². The first-order valence-electron chi connectivity index (χ1n) is 42.2. The molecule has 33 heteroatoms. The predicted molar refractivity (Wildman–Crippen MR) is 481 cm³/mol. The Hall–Kier alpha value is -12.7. The molecule has 0 aliphatic carbocycles. The molecule has 3 heterocycles. The topological polar surface area (TPSA) is 428 Å². The average Bonchev–Trinajstić information content (AvgIpc) is 1.37. The molecule has 672 valence electrons. The van der Waals surface area contributed by atoms with E-state index in [-0.39, 0.29) is 80.3 Å². The minimum absolute atomic E-state index is 0.0157. The van der Waals surface area contributed by atoms with Gasteiger partial charge in [-0.15, -0.1) is 23.1 Å². The summed E-state index contributed by atoms with van der Waals surface area (Å²) in [4.78, 5) is 217. The number of nitrogens with one attached hydrogen (secondary N) is 9. The fraction of sp³-hybridized carbons (Fsp3) is 0.419. The van der Waals surface area contributed by atoms with Crippen molar-refractivity contribution in [2.75, 3.05) is 59.8 Å². The Bertz CT molecular complexity index is 5130. The number of amides is 13. The van der Waals surface area contributed by atoms with E-state index in [1.165, 1.54) is 92.8 Å². The number of aromatic nitrogens is 1. The van der Waals surface area contributed by atoms with Crippen molar-refractivity contribution in [3.8, 4) is 11.5 Å². The molecule has 0 spiro atoms. The minimum Gasteiger partial charge on any atom is -0.508 e. The molecule has 1 saturated heterocycles. The summed E-state index contributed by atoms with van der Waals surface area (Å²) in [6, 6.07) is 28.8. The Labute approximate surface area is 741 Å². The van der Waals surface area contributed by atoms with Crippen LogP contribution in [0.5, 0.6) is 11.5 Å². The minimum atomic E-state index is -1.88. The fourth-order valence-corrected chi connectivity index (χ4v) is 17.0.